The van der Waals surface area contributed by atoms with Crippen LogP contribution in [0, 0.1) is 0 Å². The van der Waals surface area contributed by atoms with Crippen molar-refractivity contribution in [1.82, 2.24) is 4.90 Å². The van der Waals surface area contributed by atoms with Crippen LogP contribution in [-0.2, 0) is 9.53 Å². The van der Waals surface area contributed by atoms with Crippen molar-refractivity contribution in [2.75, 3.05) is 20.2 Å². The van der Waals surface area contributed by atoms with Crippen LogP contribution in [0.3, 0.4) is 0 Å². The van der Waals surface area contributed by atoms with Gasteiger partial charge in [0, 0.05) is 20.2 Å². The normalized spacial score (nSPS) is 30.3. The number of rotatable bonds is 3. The third-order valence-electron chi connectivity index (χ3n) is 3.32. The van der Waals surface area contributed by atoms with Gasteiger partial charge in [0.25, 0.3) is 5.91 Å². The highest BCUT2D eigenvalue weighted by molar-refractivity contribution is 5.85. The highest BCUT2D eigenvalue weighted by Crippen LogP contribution is 2.25. The van der Waals surface area contributed by atoms with Gasteiger partial charge in [-0.05, 0) is 26.7 Å². The van der Waals surface area contributed by atoms with Gasteiger partial charge in [0.1, 0.15) is 5.60 Å². The van der Waals surface area contributed by atoms with Crippen LogP contribution in [0.15, 0.2) is 0 Å². The first-order chi connectivity index (χ1) is 6.84. The molecule has 1 rings (SSSR count). The average Bonchev–Trinajstić information content (AvgIpc) is 2.56. The van der Waals surface area contributed by atoms with Gasteiger partial charge in [0.05, 0.1) is 5.60 Å². The lowest BCUT2D eigenvalue weighted by molar-refractivity contribution is -0.153. The van der Waals surface area contributed by atoms with Crippen molar-refractivity contribution in [2.45, 2.75) is 44.8 Å². The Morgan fingerprint density at radius 1 is 1.67 bits per heavy atom. The zero-order valence-electron chi connectivity index (χ0n) is 10.0. The predicted molar refractivity (Wildman–Crippen MR) is 57.5 cm³/mol. The molecule has 2 atom stereocenters. The number of carbonyl (C=O) groups is 1. The van der Waals surface area contributed by atoms with Crippen LogP contribution in [0.2, 0.25) is 0 Å². The summed E-state index contributed by atoms with van der Waals surface area (Å²) in [7, 11) is 1.55. The summed E-state index contributed by atoms with van der Waals surface area (Å²) in [6.07, 6.45) is 1.28. The Balaban J connectivity index is 2.70. The van der Waals surface area contributed by atoms with E-state index in [1.54, 1.807) is 25.9 Å². The molecule has 4 heteroatoms. The Kier molecular flexibility index (Phi) is 3.41. The predicted octanol–water partition coefficient (Wildman–Crippen LogP) is 0.785. The fraction of sp³-hybridized carbons (Fsp3) is 0.909. The minimum Gasteiger partial charge on any atom is -0.388 e. The Morgan fingerprint density at radius 3 is 2.60 bits per heavy atom. The molecule has 15 heavy (non-hydrogen) atoms. The summed E-state index contributed by atoms with van der Waals surface area (Å²) in [5.41, 5.74) is -1.49. The molecule has 0 saturated carbocycles. The number of amides is 1. The average molecular weight is 215 g/mol. The molecule has 1 aliphatic rings. The van der Waals surface area contributed by atoms with Crippen LogP contribution >= 0.6 is 0 Å². The number of hydrogen-bond acceptors (Lipinski definition) is 3. The summed E-state index contributed by atoms with van der Waals surface area (Å²) >= 11 is 0. The molecule has 0 aliphatic carbocycles. The van der Waals surface area contributed by atoms with Gasteiger partial charge >= 0.3 is 0 Å². The van der Waals surface area contributed by atoms with E-state index in [0.717, 1.165) is 0 Å². The number of carbonyl (C=O) groups excluding carboxylic acids is 1. The number of β-amino-alcohol motifs (C(OH)–C–C–N with tert-alkyl or cyclic N) is 1. The van der Waals surface area contributed by atoms with Crippen molar-refractivity contribution in [3.05, 3.63) is 0 Å². The number of likely N-dealkylation sites (tertiary alicyclic amines) is 1. The molecule has 4 nitrogen and oxygen atoms in total. The quantitative estimate of drug-likeness (QED) is 0.757. The smallest absolute Gasteiger partial charge is 0.254 e. The molecule has 0 bridgehead atoms. The molecule has 1 fully saturated rings. The topological polar surface area (TPSA) is 49.8 Å². The van der Waals surface area contributed by atoms with Crippen molar-refractivity contribution in [2.24, 2.45) is 0 Å². The molecule has 2 unspecified atom stereocenters. The molecule has 1 heterocycles. The van der Waals surface area contributed by atoms with Gasteiger partial charge < -0.3 is 14.7 Å². The molecule has 1 aliphatic heterocycles. The van der Waals surface area contributed by atoms with Crippen molar-refractivity contribution < 1.29 is 14.6 Å². The van der Waals surface area contributed by atoms with Crippen LogP contribution in [-0.4, -0.2) is 47.3 Å². The fourth-order valence-corrected chi connectivity index (χ4v) is 1.84. The third kappa shape index (κ3) is 2.49. The summed E-state index contributed by atoms with van der Waals surface area (Å²) < 4.78 is 5.26. The monoisotopic (exact) mass is 215 g/mol. The Hall–Kier alpha value is -0.610. The van der Waals surface area contributed by atoms with Gasteiger partial charge in [-0.25, -0.2) is 0 Å². The molecular weight excluding hydrogens is 194 g/mol. The van der Waals surface area contributed by atoms with Crippen LogP contribution in [0.5, 0.6) is 0 Å². The maximum atomic E-state index is 12.1. The zero-order valence-corrected chi connectivity index (χ0v) is 10.0. The van der Waals surface area contributed by atoms with E-state index in [1.807, 2.05) is 6.92 Å². The van der Waals surface area contributed by atoms with E-state index in [1.165, 1.54) is 0 Å². The second-order valence-electron chi connectivity index (χ2n) is 4.76. The minimum absolute atomic E-state index is 0.0229. The Morgan fingerprint density at radius 2 is 2.27 bits per heavy atom. The van der Waals surface area contributed by atoms with Gasteiger partial charge in [-0.15, -0.1) is 0 Å². The van der Waals surface area contributed by atoms with Gasteiger partial charge in [0.15, 0.2) is 0 Å². The Bertz CT molecular complexity index is 246. The highest BCUT2D eigenvalue weighted by Gasteiger charge is 2.41. The first kappa shape index (κ1) is 12.5. The number of methoxy groups -OCH3 is 1. The van der Waals surface area contributed by atoms with Gasteiger partial charge in [-0.2, -0.15) is 0 Å². The summed E-state index contributed by atoms with van der Waals surface area (Å²) in [6.45, 7) is 6.50. The van der Waals surface area contributed by atoms with Crippen molar-refractivity contribution in [1.29, 1.82) is 0 Å². The van der Waals surface area contributed by atoms with Gasteiger partial charge in [0.2, 0.25) is 0 Å². The molecule has 88 valence electrons. The molecule has 0 aromatic heterocycles. The number of aliphatic hydroxyl groups is 1. The third-order valence-corrected chi connectivity index (χ3v) is 3.32. The van der Waals surface area contributed by atoms with E-state index in [-0.39, 0.29) is 5.91 Å². The lowest BCUT2D eigenvalue weighted by atomic mass is 10.0. The number of hydrogen-bond donors (Lipinski definition) is 1. The SMILES string of the molecule is CCC(C)(OC)C(=O)N1CCC(C)(O)C1. The molecule has 1 N–H and O–H groups in total. The second kappa shape index (κ2) is 4.10. The van der Waals surface area contributed by atoms with Crippen molar-refractivity contribution in [3.63, 3.8) is 0 Å². The highest BCUT2D eigenvalue weighted by atomic mass is 16.5. The maximum absolute atomic E-state index is 12.1. The Labute approximate surface area is 91.2 Å². The lowest BCUT2D eigenvalue weighted by Crippen LogP contribution is -2.48. The fourth-order valence-electron chi connectivity index (χ4n) is 1.84. The first-order valence-corrected chi connectivity index (χ1v) is 5.41. The van der Waals surface area contributed by atoms with E-state index in [2.05, 4.69) is 0 Å². The minimum atomic E-state index is -0.750. The molecule has 0 aromatic carbocycles. The summed E-state index contributed by atoms with van der Waals surface area (Å²) in [4.78, 5) is 13.8. The summed E-state index contributed by atoms with van der Waals surface area (Å²) in [6, 6.07) is 0. The van der Waals surface area contributed by atoms with E-state index in [4.69, 9.17) is 4.74 Å². The first-order valence-electron chi connectivity index (χ1n) is 5.41. The largest absolute Gasteiger partial charge is 0.388 e. The standard InChI is InChI=1S/C11H21NO3/c1-5-11(3,15-4)9(13)12-7-6-10(2,14)8-12/h14H,5-8H2,1-4H3. The number of ether oxygens (including phenoxy) is 1. The zero-order chi connectivity index (χ0) is 11.7. The molecule has 0 radical (unpaired) electrons. The summed E-state index contributed by atoms with van der Waals surface area (Å²) in [5, 5.41) is 9.79. The lowest BCUT2D eigenvalue weighted by Gasteiger charge is -2.30. The second-order valence-corrected chi connectivity index (χ2v) is 4.76. The van der Waals surface area contributed by atoms with Crippen LogP contribution < -0.4 is 0 Å². The summed E-state index contributed by atoms with van der Waals surface area (Å²) in [5.74, 6) is -0.0229. The van der Waals surface area contributed by atoms with Crippen molar-refractivity contribution in [3.8, 4) is 0 Å². The van der Waals surface area contributed by atoms with E-state index < -0.39 is 11.2 Å². The molecule has 0 spiro atoms. The molecular formula is C11H21NO3. The van der Waals surface area contributed by atoms with Gasteiger partial charge in [-0.1, -0.05) is 6.92 Å². The number of nitrogens with zero attached hydrogens (tertiary/aromatic N) is 1. The van der Waals surface area contributed by atoms with Crippen LogP contribution in [0.1, 0.15) is 33.6 Å². The maximum Gasteiger partial charge on any atom is 0.254 e. The van der Waals surface area contributed by atoms with Crippen LogP contribution in [0.4, 0.5) is 0 Å². The molecule has 0 aromatic rings. The van der Waals surface area contributed by atoms with E-state index in [9.17, 15) is 9.90 Å². The van der Waals surface area contributed by atoms with Crippen molar-refractivity contribution >= 4 is 5.91 Å². The van der Waals surface area contributed by atoms with Crippen LogP contribution in [0.25, 0.3) is 0 Å². The molecule has 1 amide bonds. The molecule has 1 saturated heterocycles. The van der Waals surface area contributed by atoms with Gasteiger partial charge in [-0.3, -0.25) is 4.79 Å². The van der Waals surface area contributed by atoms with E-state index >= 15 is 0 Å². The van der Waals surface area contributed by atoms with E-state index in [0.29, 0.717) is 25.9 Å².